The molecular weight excluding hydrogens is 319 g/mol. The monoisotopic (exact) mass is 338 g/mol. The zero-order valence-electron chi connectivity index (χ0n) is 12.6. The fourth-order valence-electron chi connectivity index (χ4n) is 2.33. The molecule has 0 aliphatic carbocycles. The van der Waals surface area contributed by atoms with Gasteiger partial charge in [0.1, 0.15) is 17.2 Å². The van der Waals surface area contributed by atoms with Gasteiger partial charge in [0.05, 0.1) is 0 Å². The first-order chi connectivity index (χ1) is 10.7. The minimum Gasteiger partial charge on any atom is -0.508 e. The maximum absolute atomic E-state index is 11.0. The number of phenolic OH excluding ortho intramolecular Hbond substituents is 2. The molecule has 6 nitrogen and oxygen atoms in total. The van der Waals surface area contributed by atoms with E-state index >= 15 is 0 Å². The quantitative estimate of drug-likeness (QED) is 0.602. The van der Waals surface area contributed by atoms with Crippen molar-refractivity contribution >= 4 is 7.82 Å². The molecule has 124 valence electrons. The molecule has 0 fully saturated rings. The Bertz CT molecular complexity index is 724. The summed E-state index contributed by atoms with van der Waals surface area (Å²) in [5.74, 6) is 0.183. The van der Waals surface area contributed by atoms with E-state index in [0.717, 1.165) is 5.56 Å². The highest BCUT2D eigenvalue weighted by atomic mass is 31.2. The van der Waals surface area contributed by atoms with Gasteiger partial charge in [-0.15, -0.1) is 0 Å². The van der Waals surface area contributed by atoms with Crippen molar-refractivity contribution in [3.05, 3.63) is 53.6 Å². The van der Waals surface area contributed by atoms with Crippen molar-refractivity contribution in [2.45, 2.75) is 25.7 Å². The van der Waals surface area contributed by atoms with Gasteiger partial charge in [0.25, 0.3) is 0 Å². The molecule has 0 aromatic heterocycles. The van der Waals surface area contributed by atoms with E-state index in [1.54, 1.807) is 24.3 Å². The van der Waals surface area contributed by atoms with E-state index < -0.39 is 7.82 Å². The van der Waals surface area contributed by atoms with Gasteiger partial charge in [0.2, 0.25) is 0 Å². The largest absolute Gasteiger partial charge is 0.524 e. The molecule has 0 aliphatic rings. The molecule has 1 atom stereocenters. The summed E-state index contributed by atoms with van der Waals surface area (Å²) in [4.78, 5) is 17.9. The first kappa shape index (κ1) is 17.3. The van der Waals surface area contributed by atoms with Crippen molar-refractivity contribution in [2.24, 2.45) is 0 Å². The Balaban J connectivity index is 2.12. The molecular formula is C16H19O6P. The summed E-state index contributed by atoms with van der Waals surface area (Å²) in [5, 5.41) is 19.0. The van der Waals surface area contributed by atoms with Crippen molar-refractivity contribution in [1.82, 2.24) is 0 Å². The van der Waals surface area contributed by atoms with Gasteiger partial charge in [-0.25, -0.2) is 4.57 Å². The fraction of sp³-hybridized carbons (Fsp3) is 0.250. The summed E-state index contributed by atoms with van der Waals surface area (Å²) < 4.78 is 15.7. The number of benzene rings is 2. The SMILES string of the molecule is CC(CCc1ccc(O)cc1OP(=O)(O)O)c1cccc(O)c1. The summed E-state index contributed by atoms with van der Waals surface area (Å²) in [6, 6.07) is 11.2. The van der Waals surface area contributed by atoms with Crippen LogP contribution in [-0.2, 0) is 11.0 Å². The van der Waals surface area contributed by atoms with Crippen LogP contribution in [0.3, 0.4) is 0 Å². The predicted octanol–water partition coefficient (Wildman–Crippen LogP) is 3.31. The van der Waals surface area contributed by atoms with Crippen molar-refractivity contribution in [3.8, 4) is 17.2 Å². The molecule has 0 heterocycles. The third-order valence-electron chi connectivity index (χ3n) is 3.55. The summed E-state index contributed by atoms with van der Waals surface area (Å²) in [6.07, 6.45) is 1.19. The first-order valence-corrected chi connectivity index (χ1v) is 8.63. The minimum absolute atomic E-state index is 0.0264. The number of aromatic hydroxyl groups is 2. The topological polar surface area (TPSA) is 107 Å². The third kappa shape index (κ3) is 5.28. The maximum Gasteiger partial charge on any atom is 0.524 e. The minimum atomic E-state index is -4.69. The molecule has 0 spiro atoms. The Kier molecular flexibility index (Phi) is 5.31. The Morgan fingerprint density at radius 3 is 2.43 bits per heavy atom. The molecule has 1 unspecified atom stereocenters. The Labute approximate surface area is 134 Å². The van der Waals surface area contributed by atoms with E-state index in [1.165, 1.54) is 12.1 Å². The molecule has 2 aromatic rings. The van der Waals surface area contributed by atoms with Gasteiger partial charge in [-0.2, -0.15) is 0 Å². The normalized spacial score (nSPS) is 12.8. The Morgan fingerprint density at radius 2 is 1.78 bits per heavy atom. The van der Waals surface area contributed by atoms with Crippen molar-refractivity contribution in [1.29, 1.82) is 0 Å². The zero-order chi connectivity index (χ0) is 17.0. The Morgan fingerprint density at radius 1 is 1.09 bits per heavy atom. The number of phenols is 2. The summed E-state index contributed by atoms with van der Waals surface area (Å²) >= 11 is 0. The van der Waals surface area contributed by atoms with Crippen LogP contribution >= 0.6 is 7.82 Å². The van der Waals surface area contributed by atoms with Gasteiger partial charge < -0.3 is 14.7 Å². The molecule has 7 heteroatoms. The average molecular weight is 338 g/mol. The first-order valence-electron chi connectivity index (χ1n) is 7.10. The second-order valence-electron chi connectivity index (χ2n) is 5.41. The van der Waals surface area contributed by atoms with E-state index in [1.807, 2.05) is 13.0 Å². The van der Waals surface area contributed by atoms with E-state index in [2.05, 4.69) is 4.52 Å². The third-order valence-corrected chi connectivity index (χ3v) is 3.99. The molecule has 2 rings (SSSR count). The number of rotatable bonds is 6. The van der Waals surface area contributed by atoms with Gasteiger partial charge in [-0.3, -0.25) is 9.79 Å². The van der Waals surface area contributed by atoms with Gasteiger partial charge >= 0.3 is 7.82 Å². The summed E-state index contributed by atoms with van der Waals surface area (Å²) in [6.45, 7) is 2.00. The van der Waals surface area contributed by atoms with Crippen LogP contribution in [0.5, 0.6) is 17.2 Å². The maximum atomic E-state index is 11.0. The zero-order valence-corrected chi connectivity index (χ0v) is 13.5. The molecule has 0 bridgehead atoms. The number of aryl methyl sites for hydroxylation is 1. The molecule has 0 saturated carbocycles. The van der Waals surface area contributed by atoms with Crippen LogP contribution in [0.1, 0.15) is 30.4 Å². The van der Waals surface area contributed by atoms with Gasteiger partial charge in [-0.1, -0.05) is 25.1 Å². The highest BCUT2D eigenvalue weighted by Crippen LogP contribution is 2.41. The van der Waals surface area contributed by atoms with Crippen LogP contribution in [0, 0.1) is 0 Å². The van der Waals surface area contributed by atoms with Crippen molar-refractivity contribution in [2.75, 3.05) is 0 Å². The fourth-order valence-corrected chi connectivity index (χ4v) is 2.76. The van der Waals surface area contributed by atoms with Crippen LogP contribution in [0.15, 0.2) is 42.5 Å². The van der Waals surface area contributed by atoms with E-state index in [-0.39, 0.29) is 23.2 Å². The lowest BCUT2D eigenvalue weighted by Crippen LogP contribution is -1.99. The second-order valence-corrected chi connectivity index (χ2v) is 6.57. The lowest BCUT2D eigenvalue weighted by Gasteiger charge is -2.15. The molecule has 4 N–H and O–H groups in total. The summed E-state index contributed by atoms with van der Waals surface area (Å²) in [7, 11) is -4.69. The second kappa shape index (κ2) is 7.04. The molecule has 0 aliphatic heterocycles. The Hall–Kier alpha value is -2.01. The van der Waals surface area contributed by atoms with Crippen LogP contribution in [-0.4, -0.2) is 20.0 Å². The molecule has 0 amide bonds. The highest BCUT2D eigenvalue weighted by Gasteiger charge is 2.19. The lowest BCUT2D eigenvalue weighted by atomic mass is 9.93. The highest BCUT2D eigenvalue weighted by molar-refractivity contribution is 7.46. The number of hydrogen-bond donors (Lipinski definition) is 4. The van der Waals surface area contributed by atoms with Crippen LogP contribution in [0.25, 0.3) is 0 Å². The number of hydrogen-bond acceptors (Lipinski definition) is 4. The molecule has 0 radical (unpaired) electrons. The molecule has 0 saturated heterocycles. The summed E-state index contributed by atoms with van der Waals surface area (Å²) in [5.41, 5.74) is 1.57. The predicted molar refractivity (Wildman–Crippen MR) is 85.6 cm³/mol. The van der Waals surface area contributed by atoms with Gasteiger partial charge in [0.15, 0.2) is 0 Å². The van der Waals surface area contributed by atoms with E-state index in [0.29, 0.717) is 18.4 Å². The van der Waals surface area contributed by atoms with Crippen molar-refractivity contribution < 1.29 is 29.1 Å². The number of phosphoric acid groups is 1. The molecule has 2 aromatic carbocycles. The molecule has 23 heavy (non-hydrogen) atoms. The average Bonchev–Trinajstić information content (AvgIpc) is 2.44. The van der Waals surface area contributed by atoms with Gasteiger partial charge in [-0.05, 0) is 48.1 Å². The standard InChI is InChI=1S/C16H19O6P/c1-11(13-3-2-4-14(17)9-13)5-6-12-7-8-15(18)10-16(12)22-23(19,20)21/h2-4,7-11,17-18H,5-6H2,1H3,(H2,19,20,21). The van der Waals surface area contributed by atoms with Crippen LogP contribution in [0.4, 0.5) is 0 Å². The smallest absolute Gasteiger partial charge is 0.508 e. The van der Waals surface area contributed by atoms with E-state index in [4.69, 9.17) is 9.79 Å². The number of phosphoric ester groups is 1. The van der Waals surface area contributed by atoms with Gasteiger partial charge in [0, 0.05) is 6.07 Å². The van der Waals surface area contributed by atoms with Crippen LogP contribution in [0.2, 0.25) is 0 Å². The van der Waals surface area contributed by atoms with E-state index in [9.17, 15) is 14.8 Å². The van der Waals surface area contributed by atoms with Crippen molar-refractivity contribution in [3.63, 3.8) is 0 Å². The van der Waals surface area contributed by atoms with Crippen LogP contribution < -0.4 is 4.52 Å². The lowest BCUT2D eigenvalue weighted by molar-refractivity contribution is 0.281.